The number of aliphatic hydroxyl groups is 1. The lowest BCUT2D eigenvalue weighted by molar-refractivity contribution is 0.198. The Labute approximate surface area is 150 Å². The van der Waals surface area contributed by atoms with Crippen LogP contribution in [0.4, 0.5) is 0 Å². The van der Waals surface area contributed by atoms with Crippen LogP contribution in [0.3, 0.4) is 0 Å². The van der Waals surface area contributed by atoms with E-state index in [-0.39, 0.29) is 12.0 Å². The average Bonchev–Trinajstić information content (AvgIpc) is 2.83. The predicted molar refractivity (Wildman–Crippen MR) is 102 cm³/mol. The molecular weight excluding hydrogens is 310 g/mol. The summed E-state index contributed by atoms with van der Waals surface area (Å²) < 4.78 is 6.01. The van der Waals surface area contributed by atoms with Crippen molar-refractivity contribution < 1.29 is 9.84 Å². The Hall–Kier alpha value is -2.10. The normalized spacial score (nSPS) is 21.0. The molecule has 0 spiro atoms. The molecule has 0 aliphatic carbocycles. The van der Waals surface area contributed by atoms with Crippen molar-refractivity contribution in [3.63, 3.8) is 0 Å². The highest BCUT2D eigenvalue weighted by molar-refractivity contribution is 5.36. The Kier molecular flexibility index (Phi) is 5.90. The molecule has 1 aliphatic rings. The van der Waals surface area contributed by atoms with Gasteiger partial charge in [0.05, 0.1) is 0 Å². The van der Waals surface area contributed by atoms with Crippen LogP contribution in [0.15, 0.2) is 66.7 Å². The third kappa shape index (κ3) is 4.50. The van der Waals surface area contributed by atoms with Crippen molar-refractivity contribution >= 4 is 0 Å². The summed E-state index contributed by atoms with van der Waals surface area (Å²) in [5.41, 5.74) is 2.34. The largest absolute Gasteiger partial charge is 0.489 e. The first-order valence-corrected chi connectivity index (χ1v) is 8.93. The lowest BCUT2D eigenvalue weighted by Crippen LogP contribution is -2.38. The zero-order valence-corrected chi connectivity index (χ0v) is 14.9. The van der Waals surface area contributed by atoms with Gasteiger partial charge < -0.3 is 14.7 Å². The van der Waals surface area contributed by atoms with Gasteiger partial charge in [-0.1, -0.05) is 54.6 Å². The minimum Gasteiger partial charge on any atom is -0.489 e. The fourth-order valence-electron chi connectivity index (χ4n) is 3.61. The molecule has 3 rings (SSSR count). The van der Waals surface area contributed by atoms with Crippen LogP contribution in [0.25, 0.3) is 0 Å². The molecule has 3 nitrogen and oxygen atoms in total. The van der Waals surface area contributed by atoms with Crippen LogP contribution in [0.1, 0.15) is 24.0 Å². The molecule has 25 heavy (non-hydrogen) atoms. The molecule has 1 heterocycles. The van der Waals surface area contributed by atoms with Gasteiger partial charge in [0.2, 0.25) is 0 Å². The minimum atomic E-state index is -0.0668. The van der Waals surface area contributed by atoms with Crippen molar-refractivity contribution in [2.45, 2.75) is 24.9 Å². The SMILES string of the molecule is CN1CC=CCC(CCO)(c2cccc(OCc3ccccc3)c2)C1. The Morgan fingerprint density at radius 1 is 1.08 bits per heavy atom. The van der Waals surface area contributed by atoms with Crippen LogP contribution < -0.4 is 4.74 Å². The van der Waals surface area contributed by atoms with Crippen molar-refractivity contribution in [2.24, 2.45) is 0 Å². The number of hydrogen-bond donors (Lipinski definition) is 1. The van der Waals surface area contributed by atoms with Crippen LogP contribution in [-0.4, -0.2) is 36.8 Å². The maximum absolute atomic E-state index is 9.67. The fraction of sp³-hybridized carbons (Fsp3) is 0.364. The van der Waals surface area contributed by atoms with Gasteiger partial charge >= 0.3 is 0 Å². The van der Waals surface area contributed by atoms with E-state index in [0.717, 1.165) is 37.2 Å². The molecule has 0 bridgehead atoms. The van der Waals surface area contributed by atoms with Crippen molar-refractivity contribution in [3.05, 3.63) is 77.9 Å². The summed E-state index contributed by atoms with van der Waals surface area (Å²) >= 11 is 0. The van der Waals surface area contributed by atoms with Gasteiger partial charge in [0.15, 0.2) is 0 Å². The van der Waals surface area contributed by atoms with Gasteiger partial charge in [-0.2, -0.15) is 0 Å². The second kappa shape index (κ2) is 8.32. The van der Waals surface area contributed by atoms with Crippen molar-refractivity contribution in [1.82, 2.24) is 4.90 Å². The smallest absolute Gasteiger partial charge is 0.120 e. The Bertz CT molecular complexity index is 698. The topological polar surface area (TPSA) is 32.7 Å². The first-order valence-electron chi connectivity index (χ1n) is 8.93. The van der Waals surface area contributed by atoms with E-state index in [9.17, 15) is 5.11 Å². The second-order valence-corrected chi connectivity index (χ2v) is 6.93. The summed E-state index contributed by atoms with van der Waals surface area (Å²) in [5.74, 6) is 0.884. The maximum Gasteiger partial charge on any atom is 0.120 e. The van der Waals surface area contributed by atoms with Gasteiger partial charge in [0, 0.05) is 25.1 Å². The number of hydrogen-bond acceptors (Lipinski definition) is 3. The molecule has 1 unspecified atom stereocenters. The average molecular weight is 337 g/mol. The van der Waals surface area contributed by atoms with Gasteiger partial charge in [-0.05, 0) is 43.1 Å². The number of ether oxygens (including phenoxy) is 1. The lowest BCUT2D eigenvalue weighted by atomic mass is 9.75. The summed E-state index contributed by atoms with van der Waals surface area (Å²) in [5, 5.41) is 9.67. The summed E-state index contributed by atoms with van der Waals surface area (Å²) in [7, 11) is 2.14. The molecule has 0 amide bonds. The van der Waals surface area contributed by atoms with E-state index in [4.69, 9.17) is 4.74 Å². The lowest BCUT2D eigenvalue weighted by Gasteiger charge is -2.35. The molecule has 2 aromatic carbocycles. The summed E-state index contributed by atoms with van der Waals surface area (Å²) in [6.45, 7) is 2.65. The third-order valence-corrected chi connectivity index (χ3v) is 4.95. The van der Waals surface area contributed by atoms with Crippen molar-refractivity contribution in [2.75, 3.05) is 26.7 Å². The van der Waals surface area contributed by atoms with Crippen molar-refractivity contribution in [1.29, 1.82) is 0 Å². The van der Waals surface area contributed by atoms with E-state index in [1.807, 2.05) is 24.3 Å². The molecule has 132 valence electrons. The van der Waals surface area contributed by atoms with Gasteiger partial charge in [-0.3, -0.25) is 0 Å². The molecule has 1 atom stereocenters. The number of rotatable bonds is 6. The number of aliphatic hydroxyl groups excluding tert-OH is 1. The van der Waals surface area contributed by atoms with Crippen LogP contribution in [-0.2, 0) is 12.0 Å². The zero-order valence-electron chi connectivity index (χ0n) is 14.9. The molecular formula is C22H27NO2. The highest BCUT2D eigenvalue weighted by Gasteiger charge is 2.33. The molecule has 0 saturated carbocycles. The van der Waals surface area contributed by atoms with Gasteiger partial charge in [0.25, 0.3) is 0 Å². The Morgan fingerprint density at radius 3 is 2.72 bits per heavy atom. The van der Waals surface area contributed by atoms with E-state index in [2.05, 4.69) is 54.4 Å². The van der Waals surface area contributed by atoms with E-state index >= 15 is 0 Å². The van der Waals surface area contributed by atoms with Crippen LogP contribution in [0.5, 0.6) is 5.75 Å². The van der Waals surface area contributed by atoms with E-state index in [0.29, 0.717) is 6.61 Å². The predicted octanol–water partition coefficient (Wildman–Crippen LogP) is 3.78. The molecule has 0 aromatic heterocycles. The Balaban J connectivity index is 1.81. The maximum atomic E-state index is 9.67. The molecule has 1 N–H and O–H groups in total. The summed E-state index contributed by atoms with van der Waals surface area (Å²) in [4.78, 5) is 2.32. The molecule has 1 aliphatic heterocycles. The van der Waals surface area contributed by atoms with Gasteiger partial charge in [0.1, 0.15) is 12.4 Å². The first-order chi connectivity index (χ1) is 12.2. The van der Waals surface area contributed by atoms with E-state index in [1.165, 1.54) is 5.56 Å². The molecule has 0 fully saturated rings. The van der Waals surface area contributed by atoms with Gasteiger partial charge in [-0.15, -0.1) is 0 Å². The molecule has 0 saturated heterocycles. The fourth-order valence-corrected chi connectivity index (χ4v) is 3.61. The summed E-state index contributed by atoms with van der Waals surface area (Å²) in [6, 6.07) is 18.6. The van der Waals surface area contributed by atoms with Crippen LogP contribution in [0.2, 0.25) is 0 Å². The molecule has 2 aromatic rings. The zero-order chi connectivity index (χ0) is 17.5. The second-order valence-electron chi connectivity index (χ2n) is 6.93. The van der Waals surface area contributed by atoms with Gasteiger partial charge in [-0.25, -0.2) is 0 Å². The van der Waals surface area contributed by atoms with Crippen LogP contribution in [0, 0.1) is 0 Å². The van der Waals surface area contributed by atoms with E-state index in [1.54, 1.807) is 0 Å². The highest BCUT2D eigenvalue weighted by atomic mass is 16.5. The number of benzene rings is 2. The Morgan fingerprint density at radius 2 is 1.92 bits per heavy atom. The number of nitrogens with zero attached hydrogens (tertiary/aromatic N) is 1. The summed E-state index contributed by atoms with van der Waals surface area (Å²) in [6.07, 6.45) is 6.16. The minimum absolute atomic E-state index is 0.0668. The first kappa shape index (κ1) is 17.7. The highest BCUT2D eigenvalue weighted by Crippen LogP contribution is 2.36. The number of likely N-dealkylation sites (N-methyl/N-ethyl adjacent to an activating group) is 1. The standard InChI is InChI=1S/C22H27NO2/c1-23-14-6-5-12-22(18-23,13-15-24)20-10-7-11-21(16-20)25-17-19-8-3-2-4-9-19/h2-11,16,24H,12-15,17-18H2,1H3. The third-order valence-electron chi connectivity index (χ3n) is 4.95. The quantitative estimate of drug-likeness (QED) is 0.814. The molecule has 3 heteroatoms. The molecule has 0 radical (unpaired) electrons. The number of allylic oxidation sites excluding steroid dienone is 1. The van der Waals surface area contributed by atoms with Crippen molar-refractivity contribution in [3.8, 4) is 5.75 Å². The monoisotopic (exact) mass is 337 g/mol. The van der Waals surface area contributed by atoms with E-state index < -0.39 is 0 Å². The van der Waals surface area contributed by atoms with Crippen LogP contribution >= 0.6 is 0 Å².